The van der Waals surface area contributed by atoms with Gasteiger partial charge in [-0.3, -0.25) is 57.5 Å². The van der Waals surface area contributed by atoms with Crippen LogP contribution in [-0.4, -0.2) is 247 Å². The first-order chi connectivity index (χ1) is 60.7. The molecule has 43 heteroatoms. The number of aryl methyl sites for hydroxylation is 8. The highest BCUT2D eigenvalue weighted by Crippen LogP contribution is 2.40. The fourth-order valence-corrected chi connectivity index (χ4v) is 14.2. The number of aromatic nitrogens is 12. The Bertz CT molecular complexity index is 5500. The second kappa shape index (κ2) is 46.1. The Morgan fingerprint density at radius 1 is 0.429 bits per heavy atom. The van der Waals surface area contributed by atoms with Gasteiger partial charge in [-0.05, 0) is 80.9 Å². The van der Waals surface area contributed by atoms with Gasteiger partial charge in [0.15, 0.2) is 23.3 Å². The molecule has 1 aliphatic rings. The third kappa shape index (κ3) is 26.7. The number of benzene rings is 2. The molecule has 10 aromatic rings. The van der Waals surface area contributed by atoms with E-state index in [1.54, 1.807) is 94.8 Å². The number of rotatable bonds is 49. The van der Waals surface area contributed by atoms with Crippen LogP contribution in [0.4, 0.5) is 34.4 Å². The first kappa shape index (κ1) is 93.6. The minimum absolute atomic E-state index is 0.00377. The lowest BCUT2D eigenvalue weighted by molar-refractivity contribution is -0.121. The monoisotopic (exact) mass is 1780 g/mol. The summed E-state index contributed by atoms with van der Waals surface area (Å²) < 4.78 is 55.8. The SMILES string of the molecule is Cc1sc2c(c1C)C(c1ccc(Cl)cc1)=N[C@@H](CC(=O)Nc1ccc(OCCOCCOCCOCCOCCOCCOCCOCCNC(=O)CCNC(=O)c3cc(NC(=O)c4nc(NC(=O)CCNC(=O)c5cc(NC(=O)c6nc(NC(=O)CCNC(=O)c7cc(NC(=O)c8nccn8C)cn7C)cn6C)cn5C)cn4C)cn3C)cc1)c1nnc(C)n1-2. The zero-order valence-electron chi connectivity index (χ0n) is 71.2. The summed E-state index contributed by atoms with van der Waals surface area (Å²) in [6.45, 7) is 11.8. The smallest absolute Gasteiger partial charge is 0.291 e. The van der Waals surface area contributed by atoms with E-state index >= 15 is 0 Å². The van der Waals surface area contributed by atoms with E-state index in [9.17, 15) is 47.9 Å². The molecule has 2 aromatic carbocycles. The topological polar surface area (TPSA) is 476 Å². The number of anilines is 6. The molecule has 670 valence electrons. The minimum Gasteiger partial charge on any atom is -0.491 e. The van der Waals surface area contributed by atoms with Gasteiger partial charge in [-0.15, -0.1) is 21.5 Å². The molecule has 126 heavy (non-hydrogen) atoms. The van der Waals surface area contributed by atoms with Crippen LogP contribution in [0.3, 0.4) is 0 Å². The van der Waals surface area contributed by atoms with E-state index < -0.39 is 53.3 Å². The minimum atomic E-state index is -0.649. The highest BCUT2D eigenvalue weighted by Gasteiger charge is 2.33. The molecule has 8 aromatic heterocycles. The molecule has 0 radical (unpaired) electrons. The number of halogens is 1. The largest absolute Gasteiger partial charge is 0.491 e. The molecule has 0 saturated carbocycles. The molecule has 11 rings (SSSR count). The van der Waals surface area contributed by atoms with E-state index in [1.165, 1.54) is 72.0 Å². The van der Waals surface area contributed by atoms with E-state index in [-0.39, 0.29) is 128 Å². The number of amides is 10. The molecule has 0 saturated heterocycles. The Kier molecular flexibility index (Phi) is 34.2. The van der Waals surface area contributed by atoms with Gasteiger partial charge in [-0.25, -0.2) is 15.0 Å². The van der Waals surface area contributed by atoms with E-state index in [2.05, 4.69) is 92.2 Å². The highest BCUT2D eigenvalue weighted by atomic mass is 35.5. The fourth-order valence-electron chi connectivity index (χ4n) is 12.9. The summed E-state index contributed by atoms with van der Waals surface area (Å²) >= 11 is 7.92. The van der Waals surface area contributed by atoms with E-state index in [0.29, 0.717) is 120 Å². The number of imidazole rings is 3. The summed E-state index contributed by atoms with van der Waals surface area (Å²) in [6.07, 6.45) is 10.3. The summed E-state index contributed by atoms with van der Waals surface area (Å²) in [4.78, 5) is 149. The second-order valence-electron chi connectivity index (χ2n) is 28.8. The van der Waals surface area contributed by atoms with Crippen molar-refractivity contribution < 1.29 is 85.8 Å². The molecule has 0 spiro atoms. The normalized spacial score (nSPS) is 12.2. The van der Waals surface area contributed by atoms with Crippen LogP contribution in [0.5, 0.6) is 5.75 Å². The zero-order valence-corrected chi connectivity index (χ0v) is 72.8. The first-order valence-corrected chi connectivity index (χ1v) is 41.5. The molecule has 0 unspecified atom stereocenters. The van der Waals surface area contributed by atoms with Crippen LogP contribution in [0.2, 0.25) is 5.02 Å². The van der Waals surface area contributed by atoms with Crippen LogP contribution >= 0.6 is 22.9 Å². The Balaban J connectivity index is 0.453. The molecule has 0 bridgehead atoms. The molecular weight excluding hydrogens is 1670 g/mol. The average Bonchev–Trinajstić information content (AvgIpc) is 1.59. The van der Waals surface area contributed by atoms with Gasteiger partial charge >= 0.3 is 0 Å². The maximum atomic E-state index is 13.6. The Hall–Kier alpha value is -13.1. The average molecular weight is 1780 g/mol. The van der Waals surface area contributed by atoms with Gasteiger partial charge in [0, 0.05) is 158 Å². The van der Waals surface area contributed by atoms with Gasteiger partial charge < -0.3 is 118 Å². The van der Waals surface area contributed by atoms with Gasteiger partial charge in [-0.1, -0.05) is 23.7 Å². The van der Waals surface area contributed by atoms with E-state index in [1.807, 2.05) is 35.8 Å². The van der Waals surface area contributed by atoms with Crippen LogP contribution in [0.25, 0.3) is 5.00 Å². The predicted molar refractivity (Wildman–Crippen MR) is 465 cm³/mol. The molecule has 41 nitrogen and oxygen atoms in total. The number of aliphatic imine (C=N–C) groups is 1. The molecule has 10 N–H and O–H groups in total. The van der Waals surface area contributed by atoms with Crippen LogP contribution in [0.1, 0.15) is 128 Å². The van der Waals surface area contributed by atoms with E-state index in [4.69, 9.17) is 54.5 Å². The van der Waals surface area contributed by atoms with Crippen molar-refractivity contribution in [1.29, 1.82) is 0 Å². The molecule has 1 atom stereocenters. The maximum Gasteiger partial charge on any atom is 0.291 e. The van der Waals surface area contributed by atoms with Gasteiger partial charge in [0.2, 0.25) is 35.3 Å². The predicted octanol–water partition coefficient (Wildman–Crippen LogP) is 5.75. The number of fused-ring (bicyclic) bond motifs is 3. The molecule has 1 aliphatic heterocycles. The van der Waals surface area contributed by atoms with Crippen molar-refractivity contribution >= 4 is 122 Å². The number of carbonyl (C=O) groups excluding carboxylic acids is 10. The van der Waals surface area contributed by atoms with Gasteiger partial charge in [-0.2, -0.15) is 0 Å². The lowest BCUT2D eigenvalue weighted by atomic mass is 9.99. The first-order valence-electron chi connectivity index (χ1n) is 40.3. The Morgan fingerprint density at radius 2 is 0.865 bits per heavy atom. The molecular formula is C83H102ClN23O18S. The number of thiophene rings is 1. The van der Waals surface area contributed by atoms with E-state index in [0.717, 1.165) is 38.1 Å². The maximum absolute atomic E-state index is 13.6. The summed E-state index contributed by atoms with van der Waals surface area (Å²) in [7, 11) is 9.63. The summed E-state index contributed by atoms with van der Waals surface area (Å²) in [6, 6.07) is 18.5. The summed E-state index contributed by atoms with van der Waals surface area (Å²) in [5.74, 6) is -2.63. The van der Waals surface area contributed by atoms with Gasteiger partial charge in [0.1, 0.15) is 46.3 Å². The summed E-state index contributed by atoms with van der Waals surface area (Å²) in [5.41, 5.74) is 5.90. The van der Waals surface area contributed by atoms with Crippen molar-refractivity contribution in [3.8, 4) is 10.8 Å². The van der Waals surface area contributed by atoms with Crippen molar-refractivity contribution in [1.82, 2.24) is 78.4 Å². The van der Waals surface area contributed by atoms with Gasteiger partial charge in [0.05, 0.1) is 122 Å². The van der Waals surface area contributed by atoms with Crippen LogP contribution in [0, 0.1) is 20.8 Å². The standard InChI is InChI=1S/C83H102ClN23O18S/c1-51-52(2)126-83-71(51)72(54-10-12-55(84)13-11-54)94-61(73-100-99-53(3)107(73)83)45-70(111)90-56-14-16-60(17-15-56)125-41-40-124-39-38-123-37-36-122-35-34-121-33-32-120-31-30-119-29-28-118-27-25-85-67(108)18-21-87-77(112)63-43-58(47-103(63)6)92-81(116)75-97-66(49-105(75)8)96-69(110)20-23-89-79(114)64-44-59(48-104(64)7)93-82(117)76-98-65(50-106(76)9)95-68(109)19-22-88-78(113)62-42-57(46-102(62)5)91-80(115)74-86-24-26-101(74)4/h10-17,24,26,42-44,46-50,61H,18-23,25,27-41,45H2,1-9H3,(H,85,108)(H,87,112)(H,88,113)(H,89,114)(H,90,111)(H,91,115)(H,92,116)(H,93,117)(H,95,109)(H,96,110)/t61-/m0/s1. The molecule has 0 fully saturated rings. The fraction of sp³-hybridized carbons (Fsp3) is 0.398. The molecule has 10 amide bonds. The highest BCUT2D eigenvalue weighted by molar-refractivity contribution is 7.15. The molecule has 0 aliphatic carbocycles. The number of nitrogens with zero attached hydrogens (tertiary/aromatic N) is 13. The third-order valence-corrected chi connectivity index (χ3v) is 20.7. The van der Waals surface area contributed by atoms with Crippen LogP contribution < -0.4 is 57.9 Å². The second-order valence-corrected chi connectivity index (χ2v) is 30.4. The summed E-state index contributed by atoms with van der Waals surface area (Å²) in [5, 5.41) is 37.6. The lowest BCUT2D eigenvalue weighted by Gasteiger charge is -2.13. The van der Waals surface area contributed by atoms with Crippen molar-refractivity contribution in [2.45, 2.75) is 52.5 Å². The lowest BCUT2D eigenvalue weighted by Crippen LogP contribution is -2.33. The quantitative estimate of drug-likeness (QED) is 0.0203. The zero-order chi connectivity index (χ0) is 89.8. The van der Waals surface area contributed by atoms with Crippen molar-refractivity contribution in [3.63, 3.8) is 0 Å². The Labute approximate surface area is 733 Å². The number of carbonyl (C=O) groups is 10. The molecule has 9 heterocycles. The Morgan fingerprint density at radius 3 is 1.32 bits per heavy atom. The van der Waals surface area contributed by atoms with Crippen molar-refractivity contribution in [3.05, 3.63) is 183 Å². The third-order valence-electron chi connectivity index (χ3n) is 19.3. The van der Waals surface area contributed by atoms with Crippen molar-refractivity contribution in [2.75, 3.05) is 157 Å². The number of hydrogen-bond acceptors (Lipinski definition) is 25. The number of hydrogen-bond donors (Lipinski definition) is 10. The van der Waals surface area contributed by atoms with Crippen LogP contribution in [0.15, 0.2) is 115 Å². The number of nitrogens with one attached hydrogen (secondary N) is 10. The van der Waals surface area contributed by atoms with Crippen molar-refractivity contribution in [2.24, 2.45) is 47.3 Å². The number of ether oxygens (including phenoxy) is 8. The van der Waals surface area contributed by atoms with Gasteiger partial charge in [0.25, 0.3) is 35.4 Å². The van der Waals surface area contributed by atoms with Crippen LogP contribution in [-0.2, 0) is 94.6 Å².